The molecule has 2 rings (SSSR count). The Labute approximate surface area is 119 Å². The van der Waals surface area contributed by atoms with Crippen molar-refractivity contribution in [1.29, 1.82) is 0 Å². The van der Waals surface area contributed by atoms with Crippen LogP contribution < -0.4 is 0 Å². The number of aliphatic hydroxyl groups excluding tert-OH is 1. The van der Waals surface area contributed by atoms with Crippen LogP contribution in [0.25, 0.3) is 0 Å². The van der Waals surface area contributed by atoms with E-state index in [0.29, 0.717) is 5.75 Å². The fraction of sp³-hybridized carbons (Fsp3) is 0.200. The van der Waals surface area contributed by atoms with Gasteiger partial charge in [-0.05, 0) is 35.4 Å². The first-order valence-corrected chi connectivity index (χ1v) is 6.96. The molecule has 1 N–H and O–H groups in total. The van der Waals surface area contributed by atoms with E-state index in [1.54, 1.807) is 11.8 Å². The highest BCUT2D eigenvalue weighted by Gasteiger charge is 2.29. The Morgan fingerprint density at radius 3 is 1.90 bits per heavy atom. The van der Waals surface area contributed by atoms with Crippen LogP contribution in [-0.4, -0.2) is 5.11 Å². The average Bonchev–Trinajstić information content (AvgIpc) is 2.45. The Bertz CT molecular complexity index is 547. The normalized spacial score (nSPS) is 11.6. The maximum absolute atomic E-state index is 12.4. The molecule has 20 heavy (non-hydrogen) atoms. The van der Waals surface area contributed by atoms with Crippen molar-refractivity contribution in [3.63, 3.8) is 0 Å². The van der Waals surface area contributed by atoms with Crippen LogP contribution in [0.15, 0.2) is 53.4 Å². The second-order valence-corrected chi connectivity index (χ2v) is 5.33. The Hall–Kier alpha value is -1.46. The number of rotatable bonds is 4. The monoisotopic (exact) mass is 298 g/mol. The molecule has 0 radical (unpaired) electrons. The number of hydrogen-bond donors (Lipinski definition) is 1. The standard InChI is InChI=1S/C15H13F3OS/c16-15(17,18)13-5-1-12(2-6-13)10-20-14-7-3-11(9-19)4-8-14/h1-8,19H,9-10H2. The van der Waals surface area contributed by atoms with Gasteiger partial charge < -0.3 is 5.11 Å². The van der Waals surface area contributed by atoms with Crippen molar-refractivity contribution in [3.8, 4) is 0 Å². The minimum atomic E-state index is -4.29. The molecule has 0 atom stereocenters. The first kappa shape index (κ1) is 14.9. The molecule has 0 amide bonds. The first-order chi connectivity index (χ1) is 9.49. The highest BCUT2D eigenvalue weighted by Crippen LogP contribution is 2.30. The van der Waals surface area contributed by atoms with Gasteiger partial charge in [-0.3, -0.25) is 0 Å². The third-order valence-corrected chi connectivity index (χ3v) is 3.88. The van der Waals surface area contributed by atoms with Crippen LogP contribution in [-0.2, 0) is 18.5 Å². The van der Waals surface area contributed by atoms with E-state index in [4.69, 9.17) is 5.11 Å². The first-order valence-electron chi connectivity index (χ1n) is 5.98. The Balaban J connectivity index is 1.96. The molecule has 0 bridgehead atoms. The van der Waals surface area contributed by atoms with Gasteiger partial charge >= 0.3 is 6.18 Å². The van der Waals surface area contributed by atoms with Gasteiger partial charge in [0.25, 0.3) is 0 Å². The molecule has 2 aromatic rings. The molecule has 0 saturated carbocycles. The van der Waals surface area contributed by atoms with Crippen LogP contribution in [0.4, 0.5) is 13.2 Å². The van der Waals surface area contributed by atoms with Gasteiger partial charge in [-0.25, -0.2) is 0 Å². The predicted molar refractivity (Wildman–Crippen MR) is 73.4 cm³/mol. The maximum atomic E-state index is 12.4. The van der Waals surface area contributed by atoms with Crippen molar-refractivity contribution in [1.82, 2.24) is 0 Å². The summed E-state index contributed by atoms with van der Waals surface area (Å²) in [4.78, 5) is 1.02. The minimum absolute atomic E-state index is 0.00382. The number of benzene rings is 2. The number of halogens is 3. The molecule has 0 unspecified atom stereocenters. The van der Waals surface area contributed by atoms with Crippen LogP contribution in [0.3, 0.4) is 0 Å². The molecular formula is C15H13F3OS. The summed E-state index contributed by atoms with van der Waals surface area (Å²) in [6.07, 6.45) is -4.29. The quantitative estimate of drug-likeness (QED) is 0.839. The molecule has 5 heteroatoms. The third kappa shape index (κ3) is 4.02. The van der Waals surface area contributed by atoms with Gasteiger partial charge in [0, 0.05) is 10.6 Å². The molecule has 1 nitrogen and oxygen atoms in total. The fourth-order valence-corrected chi connectivity index (χ4v) is 2.50. The van der Waals surface area contributed by atoms with E-state index in [-0.39, 0.29) is 6.61 Å². The van der Waals surface area contributed by atoms with Crippen LogP contribution in [0.2, 0.25) is 0 Å². The molecule has 0 aliphatic carbocycles. The lowest BCUT2D eigenvalue weighted by Crippen LogP contribution is -2.04. The van der Waals surface area contributed by atoms with Crippen LogP contribution >= 0.6 is 11.8 Å². The third-order valence-electron chi connectivity index (χ3n) is 2.79. The lowest BCUT2D eigenvalue weighted by atomic mass is 10.1. The molecule has 0 spiro atoms. The molecule has 0 aliphatic rings. The minimum Gasteiger partial charge on any atom is -0.392 e. The number of alkyl halides is 3. The van der Waals surface area contributed by atoms with Crippen LogP contribution in [0.5, 0.6) is 0 Å². The number of hydrogen-bond acceptors (Lipinski definition) is 2. The predicted octanol–water partition coefficient (Wildman–Crippen LogP) is 4.49. The fourth-order valence-electron chi connectivity index (χ4n) is 1.65. The summed E-state index contributed by atoms with van der Waals surface area (Å²) in [5, 5.41) is 8.93. The van der Waals surface area contributed by atoms with Crippen molar-refractivity contribution < 1.29 is 18.3 Å². The molecule has 0 heterocycles. The highest BCUT2D eigenvalue weighted by atomic mass is 32.2. The van der Waals surface area contributed by atoms with E-state index < -0.39 is 11.7 Å². The van der Waals surface area contributed by atoms with Gasteiger partial charge in [-0.2, -0.15) is 13.2 Å². The Morgan fingerprint density at radius 2 is 1.40 bits per heavy atom. The van der Waals surface area contributed by atoms with E-state index >= 15 is 0 Å². The zero-order valence-electron chi connectivity index (χ0n) is 10.5. The van der Waals surface area contributed by atoms with Crippen molar-refractivity contribution in [3.05, 3.63) is 65.2 Å². The second-order valence-electron chi connectivity index (χ2n) is 4.29. The van der Waals surface area contributed by atoms with Gasteiger partial charge in [-0.15, -0.1) is 11.8 Å². The van der Waals surface area contributed by atoms with Gasteiger partial charge in [0.05, 0.1) is 12.2 Å². The molecule has 106 valence electrons. The Kier molecular flexibility index (Phi) is 4.73. The summed E-state index contributed by atoms with van der Waals surface area (Å²) in [5.74, 6) is 0.608. The smallest absolute Gasteiger partial charge is 0.392 e. The van der Waals surface area contributed by atoms with Gasteiger partial charge in [0.1, 0.15) is 0 Å². The molecular weight excluding hydrogens is 285 g/mol. The van der Waals surface area contributed by atoms with Gasteiger partial charge in [-0.1, -0.05) is 24.3 Å². The van der Waals surface area contributed by atoms with E-state index in [1.165, 1.54) is 12.1 Å². The van der Waals surface area contributed by atoms with Crippen molar-refractivity contribution in [2.45, 2.75) is 23.4 Å². The van der Waals surface area contributed by atoms with Gasteiger partial charge in [0.2, 0.25) is 0 Å². The van der Waals surface area contributed by atoms with Crippen LogP contribution in [0.1, 0.15) is 16.7 Å². The lowest BCUT2D eigenvalue weighted by Gasteiger charge is -2.07. The largest absolute Gasteiger partial charge is 0.416 e. The summed E-state index contributed by atoms with van der Waals surface area (Å²) in [5.41, 5.74) is 1.05. The lowest BCUT2D eigenvalue weighted by molar-refractivity contribution is -0.137. The summed E-state index contributed by atoms with van der Waals surface area (Å²) >= 11 is 1.54. The summed E-state index contributed by atoms with van der Waals surface area (Å²) < 4.78 is 37.2. The number of thioether (sulfide) groups is 1. The van der Waals surface area contributed by atoms with Crippen molar-refractivity contribution in [2.24, 2.45) is 0 Å². The molecule has 2 aromatic carbocycles. The summed E-state index contributed by atoms with van der Waals surface area (Å²) in [6, 6.07) is 12.6. The van der Waals surface area contributed by atoms with Gasteiger partial charge in [0.15, 0.2) is 0 Å². The SMILES string of the molecule is OCc1ccc(SCc2ccc(C(F)(F)F)cc2)cc1. The molecule has 0 aliphatic heterocycles. The molecule has 0 fully saturated rings. The zero-order valence-corrected chi connectivity index (χ0v) is 11.3. The second kappa shape index (κ2) is 6.33. The van der Waals surface area contributed by atoms with E-state index in [0.717, 1.165) is 28.2 Å². The van der Waals surface area contributed by atoms with Crippen molar-refractivity contribution >= 4 is 11.8 Å². The van der Waals surface area contributed by atoms with E-state index in [1.807, 2.05) is 24.3 Å². The van der Waals surface area contributed by atoms with E-state index in [2.05, 4.69) is 0 Å². The zero-order chi connectivity index (χ0) is 14.6. The molecule has 0 saturated heterocycles. The van der Waals surface area contributed by atoms with E-state index in [9.17, 15) is 13.2 Å². The highest BCUT2D eigenvalue weighted by molar-refractivity contribution is 7.98. The maximum Gasteiger partial charge on any atom is 0.416 e. The van der Waals surface area contributed by atoms with Crippen molar-refractivity contribution in [2.75, 3.05) is 0 Å². The Morgan fingerprint density at radius 1 is 0.850 bits per heavy atom. The average molecular weight is 298 g/mol. The molecule has 0 aromatic heterocycles. The summed E-state index contributed by atoms with van der Waals surface area (Å²) in [6.45, 7) is 0.00382. The number of aliphatic hydroxyl groups is 1. The topological polar surface area (TPSA) is 20.2 Å². The van der Waals surface area contributed by atoms with Crippen LogP contribution in [0, 0.1) is 0 Å². The summed E-state index contributed by atoms with van der Waals surface area (Å²) in [7, 11) is 0.